The molecule has 0 spiro atoms. The van der Waals surface area contributed by atoms with Crippen molar-refractivity contribution in [3.8, 4) is 0 Å². The fourth-order valence-corrected chi connectivity index (χ4v) is 1.22. The lowest BCUT2D eigenvalue weighted by Gasteiger charge is -2.38. The molecule has 74 valence electrons. The van der Waals surface area contributed by atoms with Crippen LogP contribution in [-0.4, -0.2) is 11.2 Å². The van der Waals surface area contributed by atoms with E-state index in [-0.39, 0.29) is 16.9 Å². The maximum absolute atomic E-state index is 9.99. The molecule has 1 N–H and O–H groups in total. The number of hydrogen-bond donors (Lipinski definition) is 1. The lowest BCUT2D eigenvalue weighted by Crippen LogP contribution is -2.38. The van der Waals surface area contributed by atoms with Gasteiger partial charge in [0.15, 0.2) is 0 Å². The third kappa shape index (κ3) is 3.14. The maximum Gasteiger partial charge on any atom is 0.0618 e. The molecule has 0 unspecified atom stereocenters. The number of aliphatic hydroxyl groups excluding tert-OH is 1. The Balaban J connectivity index is 4.41. The van der Waals surface area contributed by atoms with E-state index in [1.54, 1.807) is 0 Å². The van der Waals surface area contributed by atoms with Crippen LogP contribution in [0.15, 0.2) is 0 Å². The summed E-state index contributed by atoms with van der Waals surface area (Å²) in [5.74, 6) is 0.331. The molecule has 0 rings (SSSR count). The summed E-state index contributed by atoms with van der Waals surface area (Å²) in [5, 5.41) is 9.99. The van der Waals surface area contributed by atoms with Crippen molar-refractivity contribution in [1.29, 1.82) is 0 Å². The summed E-state index contributed by atoms with van der Waals surface area (Å²) in [4.78, 5) is 0. The van der Waals surface area contributed by atoms with Crippen LogP contribution in [0.25, 0.3) is 0 Å². The van der Waals surface area contributed by atoms with Crippen molar-refractivity contribution >= 4 is 0 Å². The smallest absolute Gasteiger partial charge is 0.0618 e. The van der Waals surface area contributed by atoms with Crippen molar-refractivity contribution in [2.24, 2.45) is 16.7 Å². The summed E-state index contributed by atoms with van der Waals surface area (Å²) in [5.41, 5.74) is 0.180. The molecule has 0 aromatic carbocycles. The molecule has 0 aliphatic heterocycles. The number of aliphatic hydroxyl groups is 1. The van der Waals surface area contributed by atoms with Crippen LogP contribution in [0.4, 0.5) is 0 Å². The zero-order valence-electron chi connectivity index (χ0n) is 9.60. The molecule has 12 heavy (non-hydrogen) atoms. The largest absolute Gasteiger partial charge is 0.392 e. The van der Waals surface area contributed by atoms with Gasteiger partial charge in [0.25, 0.3) is 0 Å². The van der Waals surface area contributed by atoms with Gasteiger partial charge in [-0.05, 0) is 16.7 Å². The van der Waals surface area contributed by atoms with E-state index >= 15 is 0 Å². The Morgan fingerprint density at radius 3 is 1.25 bits per heavy atom. The molecule has 0 aromatic heterocycles. The second-order valence-electron chi connectivity index (χ2n) is 5.97. The average molecular weight is 172 g/mol. The van der Waals surface area contributed by atoms with Crippen molar-refractivity contribution in [3.63, 3.8) is 0 Å². The van der Waals surface area contributed by atoms with Gasteiger partial charge in [0.2, 0.25) is 0 Å². The van der Waals surface area contributed by atoms with Crippen molar-refractivity contribution < 1.29 is 5.11 Å². The van der Waals surface area contributed by atoms with E-state index in [1.165, 1.54) is 0 Å². The molecular weight excluding hydrogens is 148 g/mol. The fraction of sp³-hybridized carbons (Fsp3) is 1.00. The molecule has 1 heteroatoms. The summed E-state index contributed by atoms with van der Waals surface area (Å²) in [6.45, 7) is 14.9. The molecule has 0 radical (unpaired) electrons. The molecule has 0 aliphatic rings. The van der Waals surface area contributed by atoms with Gasteiger partial charge < -0.3 is 5.11 Å². The van der Waals surface area contributed by atoms with Crippen LogP contribution in [0.5, 0.6) is 0 Å². The van der Waals surface area contributed by atoms with Gasteiger partial charge in [-0.1, -0.05) is 48.5 Å². The second-order valence-corrected chi connectivity index (χ2v) is 5.97. The minimum atomic E-state index is -0.225. The van der Waals surface area contributed by atoms with Crippen LogP contribution in [0.2, 0.25) is 0 Å². The van der Waals surface area contributed by atoms with Crippen LogP contribution in [0.1, 0.15) is 48.5 Å². The molecule has 0 fully saturated rings. The first-order valence-electron chi connectivity index (χ1n) is 4.75. The van der Waals surface area contributed by atoms with E-state index < -0.39 is 0 Å². The van der Waals surface area contributed by atoms with Gasteiger partial charge in [0.05, 0.1) is 6.10 Å². The molecular formula is C11H24O. The predicted molar refractivity (Wildman–Crippen MR) is 54.1 cm³/mol. The zero-order valence-corrected chi connectivity index (χ0v) is 9.60. The molecule has 0 bridgehead atoms. The Labute approximate surface area is 77.2 Å². The quantitative estimate of drug-likeness (QED) is 0.644. The first kappa shape index (κ1) is 12.0. The fourth-order valence-electron chi connectivity index (χ4n) is 1.22. The SMILES string of the molecule is C[C@H]([C@@H](O)C(C)(C)C)C(C)(C)C. The Hall–Kier alpha value is -0.0400. The van der Waals surface area contributed by atoms with Crippen LogP contribution in [0, 0.1) is 16.7 Å². The third-order valence-electron chi connectivity index (χ3n) is 2.73. The molecule has 0 aliphatic carbocycles. The predicted octanol–water partition coefficient (Wildman–Crippen LogP) is 3.08. The summed E-state index contributed by atoms with van der Waals surface area (Å²) in [6, 6.07) is 0. The molecule has 0 saturated heterocycles. The van der Waals surface area contributed by atoms with Gasteiger partial charge >= 0.3 is 0 Å². The monoisotopic (exact) mass is 172 g/mol. The van der Waals surface area contributed by atoms with Crippen LogP contribution in [-0.2, 0) is 0 Å². The molecule has 2 atom stereocenters. The summed E-state index contributed by atoms with van der Waals surface area (Å²) in [6.07, 6.45) is -0.225. The third-order valence-corrected chi connectivity index (χ3v) is 2.73. The maximum atomic E-state index is 9.99. The summed E-state index contributed by atoms with van der Waals surface area (Å²) < 4.78 is 0. The van der Waals surface area contributed by atoms with Gasteiger partial charge in [0, 0.05) is 0 Å². The van der Waals surface area contributed by atoms with E-state index in [0.29, 0.717) is 5.92 Å². The number of hydrogen-bond acceptors (Lipinski definition) is 1. The van der Waals surface area contributed by atoms with E-state index in [0.717, 1.165) is 0 Å². The highest BCUT2D eigenvalue weighted by molar-refractivity contribution is 4.83. The lowest BCUT2D eigenvalue weighted by molar-refractivity contribution is -0.0222. The van der Waals surface area contributed by atoms with Crippen molar-refractivity contribution in [2.75, 3.05) is 0 Å². The normalized spacial score (nSPS) is 19.0. The molecule has 0 saturated carbocycles. The van der Waals surface area contributed by atoms with Gasteiger partial charge in [-0.25, -0.2) is 0 Å². The first-order valence-corrected chi connectivity index (χ1v) is 4.75. The van der Waals surface area contributed by atoms with Gasteiger partial charge in [0.1, 0.15) is 0 Å². The Morgan fingerprint density at radius 1 is 0.833 bits per heavy atom. The van der Waals surface area contributed by atoms with E-state index in [2.05, 4.69) is 48.5 Å². The summed E-state index contributed by atoms with van der Waals surface area (Å²) in [7, 11) is 0. The number of rotatable bonds is 1. The Bertz CT molecular complexity index is 118. The summed E-state index contributed by atoms with van der Waals surface area (Å²) >= 11 is 0. The topological polar surface area (TPSA) is 20.2 Å². The van der Waals surface area contributed by atoms with Gasteiger partial charge in [-0.2, -0.15) is 0 Å². The van der Waals surface area contributed by atoms with Crippen molar-refractivity contribution in [2.45, 2.75) is 54.6 Å². The van der Waals surface area contributed by atoms with Crippen molar-refractivity contribution in [3.05, 3.63) is 0 Å². The van der Waals surface area contributed by atoms with Gasteiger partial charge in [-0.3, -0.25) is 0 Å². The minimum absolute atomic E-state index is 0.00725. The highest BCUT2D eigenvalue weighted by atomic mass is 16.3. The molecule has 1 nitrogen and oxygen atoms in total. The van der Waals surface area contributed by atoms with Crippen LogP contribution in [0.3, 0.4) is 0 Å². The highest BCUT2D eigenvalue weighted by Gasteiger charge is 2.34. The van der Waals surface area contributed by atoms with E-state index in [4.69, 9.17) is 0 Å². The minimum Gasteiger partial charge on any atom is -0.392 e. The zero-order chi connectivity index (χ0) is 10.2. The standard InChI is InChI=1S/C11H24O/c1-8(10(2,3)4)9(12)11(5,6)7/h8-9,12H,1-7H3/t8-,9-/m1/s1. The van der Waals surface area contributed by atoms with Crippen molar-refractivity contribution in [1.82, 2.24) is 0 Å². The molecule has 0 amide bonds. The second kappa shape index (κ2) is 3.37. The van der Waals surface area contributed by atoms with Crippen LogP contribution < -0.4 is 0 Å². The Morgan fingerprint density at radius 2 is 1.17 bits per heavy atom. The highest BCUT2D eigenvalue weighted by Crippen LogP contribution is 2.35. The molecule has 0 heterocycles. The Kier molecular flexibility index (Phi) is 3.36. The van der Waals surface area contributed by atoms with E-state index in [9.17, 15) is 5.11 Å². The van der Waals surface area contributed by atoms with Crippen LogP contribution >= 0.6 is 0 Å². The lowest BCUT2D eigenvalue weighted by atomic mass is 9.71. The first-order chi connectivity index (χ1) is 5.07. The van der Waals surface area contributed by atoms with E-state index in [1.807, 2.05) is 0 Å². The van der Waals surface area contributed by atoms with Gasteiger partial charge in [-0.15, -0.1) is 0 Å². The molecule has 0 aromatic rings. The average Bonchev–Trinajstić information content (AvgIpc) is 1.80.